The second-order valence-electron chi connectivity index (χ2n) is 12.3. The molecule has 0 amide bonds. The molecule has 3 fully saturated rings. The summed E-state index contributed by atoms with van der Waals surface area (Å²) in [6.45, 7) is 9.08. The Morgan fingerprint density at radius 3 is 2.43 bits per heavy atom. The molecule has 6 rings (SSSR count). The van der Waals surface area contributed by atoms with Gasteiger partial charge in [0.2, 0.25) is 12.1 Å². The van der Waals surface area contributed by atoms with E-state index in [0.717, 1.165) is 0 Å². The molecule has 6 aliphatic rings. The second-order valence-corrected chi connectivity index (χ2v) is 12.3. The molecule has 1 saturated heterocycles. The Kier molecular flexibility index (Phi) is 4.19. The van der Waals surface area contributed by atoms with Crippen LogP contribution in [0, 0.1) is 33.5 Å². The lowest BCUT2D eigenvalue weighted by Gasteiger charge is -2.63. The largest absolute Gasteiger partial charge is 0.504 e. The van der Waals surface area contributed by atoms with Gasteiger partial charge in [-0.15, -0.1) is 0 Å². The maximum absolute atomic E-state index is 14.2. The fourth-order valence-electron chi connectivity index (χ4n) is 9.23. The van der Waals surface area contributed by atoms with Gasteiger partial charge in [-0.1, -0.05) is 19.9 Å². The van der Waals surface area contributed by atoms with Crippen LogP contribution in [0.15, 0.2) is 35.1 Å². The van der Waals surface area contributed by atoms with Crippen molar-refractivity contribution < 1.29 is 38.8 Å². The molecule has 2 saturated carbocycles. The summed E-state index contributed by atoms with van der Waals surface area (Å²) in [6.07, 6.45) is 3.73. The number of aliphatic hydroxyl groups excluding tert-OH is 2. The van der Waals surface area contributed by atoms with Gasteiger partial charge in [0.1, 0.15) is 5.60 Å². The molecule has 0 aromatic rings. The van der Waals surface area contributed by atoms with E-state index in [1.54, 1.807) is 32.9 Å². The molecular formula is C27H32O8. The molecule has 1 spiro atoms. The summed E-state index contributed by atoms with van der Waals surface area (Å²) in [5.41, 5.74) is -4.17. The van der Waals surface area contributed by atoms with Gasteiger partial charge in [0.05, 0.1) is 23.0 Å². The van der Waals surface area contributed by atoms with Gasteiger partial charge < -0.3 is 24.4 Å². The summed E-state index contributed by atoms with van der Waals surface area (Å²) in [4.78, 5) is 39.7. The minimum atomic E-state index is -1.27. The number of allylic oxidation sites excluding steroid dienone is 4. The smallest absolute Gasteiger partial charge is 0.336 e. The first-order valence-corrected chi connectivity index (χ1v) is 12.3. The highest BCUT2D eigenvalue weighted by Crippen LogP contribution is 2.80. The number of cyclic esters (lactones) is 1. The van der Waals surface area contributed by atoms with E-state index in [9.17, 15) is 24.6 Å². The highest BCUT2D eigenvalue weighted by Gasteiger charge is 2.88. The summed E-state index contributed by atoms with van der Waals surface area (Å²) in [5.74, 6) is -2.47. The fourth-order valence-corrected chi connectivity index (χ4v) is 9.23. The number of methoxy groups -OCH3 is 1. The summed E-state index contributed by atoms with van der Waals surface area (Å²) < 4.78 is 16.9. The number of rotatable bonds is 2. The second kappa shape index (κ2) is 6.33. The number of Topliss-reactive ketones (excluding diaryl/α,β-unsaturated/α-hetero) is 1. The van der Waals surface area contributed by atoms with Gasteiger partial charge in [-0.2, -0.15) is 0 Å². The third-order valence-electron chi connectivity index (χ3n) is 10.5. The number of carbonyl (C=O) groups excluding carboxylic acids is 3. The van der Waals surface area contributed by atoms with Gasteiger partial charge in [0.25, 0.3) is 0 Å². The highest BCUT2D eigenvalue weighted by molar-refractivity contribution is 6.06. The molecule has 2 aliphatic heterocycles. The van der Waals surface area contributed by atoms with E-state index in [-0.39, 0.29) is 17.8 Å². The predicted molar refractivity (Wildman–Crippen MR) is 122 cm³/mol. The van der Waals surface area contributed by atoms with Crippen LogP contribution in [0.4, 0.5) is 0 Å². The van der Waals surface area contributed by atoms with Crippen LogP contribution in [-0.4, -0.2) is 59.0 Å². The molecule has 8 nitrogen and oxygen atoms in total. The average Bonchev–Trinajstić information content (AvgIpc) is 3.31. The minimum absolute atomic E-state index is 0.193. The van der Waals surface area contributed by atoms with Gasteiger partial charge in [0.15, 0.2) is 11.5 Å². The highest BCUT2D eigenvalue weighted by atomic mass is 16.7. The molecule has 1 unspecified atom stereocenters. The molecule has 0 aromatic carbocycles. The third kappa shape index (κ3) is 2.24. The SMILES string of the molecule is COC1C=C([C@@H]2C[C@H]3O[C@@]34[C@@]2(C)C[C@H](O)[C@@H]2[C@@]3(C)C=CC(=O)C(C)(C)C3=C(O)C(=O)[C@]24C)C(=O)O1. The first-order valence-electron chi connectivity index (χ1n) is 12.3. The maximum Gasteiger partial charge on any atom is 0.336 e. The minimum Gasteiger partial charge on any atom is -0.504 e. The average molecular weight is 485 g/mol. The lowest BCUT2D eigenvalue weighted by Crippen LogP contribution is -2.70. The third-order valence-corrected chi connectivity index (χ3v) is 10.5. The number of hydrogen-bond donors (Lipinski definition) is 2. The van der Waals surface area contributed by atoms with Gasteiger partial charge in [-0.05, 0) is 51.3 Å². The maximum atomic E-state index is 14.2. The normalized spacial score (nSPS) is 51.3. The molecule has 0 radical (unpaired) electrons. The van der Waals surface area contributed by atoms with Crippen LogP contribution in [0.25, 0.3) is 0 Å². The van der Waals surface area contributed by atoms with E-state index in [4.69, 9.17) is 14.2 Å². The standard InChI is InChI=1S/C27H32O8/c1-23(2)15(29)7-8-24(3)19-14(28)11-25(4)13(12-9-17(33-6)34-22(12)32)10-16-27(25,35-16)26(19,5)21(31)18(30)20(23)24/h7-9,13-14,16-17,19,28,30H,10-11H2,1-6H3/t13-,14-,16+,17?,19+,24+,25-,26-,27+/m0/s1. The monoisotopic (exact) mass is 484 g/mol. The molecule has 0 aromatic heterocycles. The van der Waals surface area contributed by atoms with E-state index in [2.05, 4.69) is 0 Å². The van der Waals surface area contributed by atoms with Gasteiger partial charge in [-0.3, -0.25) is 9.59 Å². The first-order chi connectivity index (χ1) is 16.2. The predicted octanol–water partition coefficient (Wildman–Crippen LogP) is 2.56. The van der Waals surface area contributed by atoms with E-state index in [1.165, 1.54) is 13.2 Å². The van der Waals surface area contributed by atoms with Crippen molar-refractivity contribution in [3.63, 3.8) is 0 Å². The molecular weight excluding hydrogens is 452 g/mol. The zero-order valence-corrected chi connectivity index (χ0v) is 20.9. The molecule has 0 bridgehead atoms. The Bertz CT molecular complexity index is 1190. The Morgan fingerprint density at radius 1 is 1.11 bits per heavy atom. The van der Waals surface area contributed by atoms with Gasteiger partial charge in [0, 0.05) is 35.3 Å². The van der Waals surface area contributed by atoms with Crippen molar-refractivity contribution in [3.05, 3.63) is 35.1 Å². The molecule has 9 atom stereocenters. The van der Waals surface area contributed by atoms with Crippen molar-refractivity contribution in [2.24, 2.45) is 33.5 Å². The molecule has 35 heavy (non-hydrogen) atoms. The molecule has 4 aliphatic carbocycles. The quantitative estimate of drug-likeness (QED) is 0.453. The number of fused-ring (bicyclic) bond motifs is 3. The zero-order chi connectivity index (χ0) is 25.5. The molecule has 2 N–H and O–H groups in total. The Hall–Kier alpha value is -2.29. The summed E-state index contributed by atoms with van der Waals surface area (Å²) >= 11 is 0. The van der Waals surface area contributed by atoms with Gasteiger partial charge >= 0.3 is 5.97 Å². The molecule has 8 heteroatoms. The number of carbonyl (C=O) groups is 3. The summed E-state index contributed by atoms with van der Waals surface area (Å²) in [6, 6.07) is 0. The van der Waals surface area contributed by atoms with Crippen molar-refractivity contribution in [2.75, 3.05) is 7.11 Å². The van der Waals surface area contributed by atoms with Crippen molar-refractivity contribution in [1.29, 1.82) is 0 Å². The summed E-state index contributed by atoms with van der Waals surface area (Å²) in [7, 11) is 1.46. The fraction of sp³-hybridized carbons (Fsp3) is 0.667. The van der Waals surface area contributed by atoms with E-state index in [1.807, 2.05) is 13.8 Å². The number of epoxide rings is 1. The summed E-state index contributed by atoms with van der Waals surface area (Å²) in [5, 5.41) is 23.2. The van der Waals surface area contributed by atoms with E-state index >= 15 is 0 Å². The first kappa shape index (κ1) is 23.1. The zero-order valence-electron chi connectivity index (χ0n) is 20.9. The number of esters is 1. The van der Waals surface area contributed by atoms with Crippen LogP contribution in [-0.2, 0) is 28.6 Å². The van der Waals surface area contributed by atoms with Crippen molar-refractivity contribution >= 4 is 17.5 Å². The molecule has 2 heterocycles. The van der Waals surface area contributed by atoms with E-state index in [0.29, 0.717) is 24.0 Å². The van der Waals surface area contributed by atoms with Crippen LogP contribution >= 0.6 is 0 Å². The van der Waals surface area contributed by atoms with E-state index < -0.39 is 63.1 Å². The number of hydrogen-bond acceptors (Lipinski definition) is 8. The van der Waals surface area contributed by atoms with Crippen molar-refractivity contribution in [1.82, 2.24) is 0 Å². The van der Waals surface area contributed by atoms with Gasteiger partial charge in [-0.25, -0.2) is 4.79 Å². The Morgan fingerprint density at radius 2 is 1.80 bits per heavy atom. The Labute approximate surface area is 204 Å². The van der Waals surface area contributed by atoms with Crippen LogP contribution in [0.5, 0.6) is 0 Å². The number of ketones is 2. The topological polar surface area (TPSA) is 123 Å². The van der Waals surface area contributed by atoms with Crippen LogP contribution in [0.3, 0.4) is 0 Å². The van der Waals surface area contributed by atoms with Crippen LogP contribution in [0.1, 0.15) is 47.5 Å². The van der Waals surface area contributed by atoms with Crippen LogP contribution in [0.2, 0.25) is 0 Å². The lowest BCUT2D eigenvalue weighted by atomic mass is 9.38. The number of ether oxygens (including phenoxy) is 3. The van der Waals surface area contributed by atoms with Crippen molar-refractivity contribution in [2.45, 2.75) is 71.6 Å². The van der Waals surface area contributed by atoms with Crippen LogP contribution < -0.4 is 0 Å². The lowest BCUT2D eigenvalue weighted by molar-refractivity contribution is -0.190. The Balaban J connectivity index is 1.55. The van der Waals surface area contributed by atoms with Crippen molar-refractivity contribution in [3.8, 4) is 0 Å². The number of aliphatic hydroxyl groups is 2. The molecule has 188 valence electrons.